The summed E-state index contributed by atoms with van der Waals surface area (Å²) < 4.78 is 2.00. The molecule has 0 aliphatic rings. The number of hydrogen-bond acceptors (Lipinski definition) is 4. The number of pyridine rings is 1. The monoisotopic (exact) mass is 301 g/mol. The van der Waals surface area contributed by atoms with Crippen LogP contribution in [0.3, 0.4) is 0 Å². The highest BCUT2D eigenvalue weighted by Gasteiger charge is 2.12. The maximum absolute atomic E-state index is 5.94. The summed E-state index contributed by atoms with van der Waals surface area (Å²) in [4.78, 5) is 8.93. The summed E-state index contributed by atoms with van der Waals surface area (Å²) in [5, 5.41) is 1.06. The zero-order valence-electron chi connectivity index (χ0n) is 12.3. The number of fused-ring (bicyclic) bond motifs is 1. The zero-order chi connectivity index (χ0) is 15.8. The Labute approximate surface area is 133 Å². The van der Waals surface area contributed by atoms with Crippen molar-refractivity contribution in [2.45, 2.75) is 0 Å². The predicted octanol–water partition coefficient (Wildman–Crippen LogP) is 3.25. The van der Waals surface area contributed by atoms with Gasteiger partial charge in [0.25, 0.3) is 0 Å². The predicted molar refractivity (Wildman–Crippen MR) is 93.1 cm³/mol. The van der Waals surface area contributed by atoms with Crippen molar-refractivity contribution in [2.24, 2.45) is 0 Å². The lowest BCUT2D eigenvalue weighted by molar-refractivity contribution is 1.07. The molecule has 0 aliphatic carbocycles. The molecule has 2 aromatic heterocycles. The molecular formula is C18H15N5. The standard InChI is InChI=1S/C18H15N5/c19-15-6-5-12(11-16(15)20)23-10-9-22-18(23)14-7-8-21-17-4-2-1-3-13(14)17/h1-11H,19-20H2. The van der Waals surface area contributed by atoms with Gasteiger partial charge >= 0.3 is 0 Å². The van der Waals surface area contributed by atoms with Gasteiger partial charge < -0.3 is 11.5 Å². The second kappa shape index (κ2) is 5.14. The molecule has 23 heavy (non-hydrogen) atoms. The Balaban J connectivity index is 1.94. The van der Waals surface area contributed by atoms with Gasteiger partial charge in [-0.25, -0.2) is 4.98 Å². The van der Waals surface area contributed by atoms with E-state index in [1.54, 1.807) is 18.5 Å². The number of nitrogen functional groups attached to an aromatic ring is 2. The fourth-order valence-electron chi connectivity index (χ4n) is 2.71. The van der Waals surface area contributed by atoms with Crippen LogP contribution < -0.4 is 11.5 Å². The van der Waals surface area contributed by atoms with Crippen molar-refractivity contribution in [1.82, 2.24) is 14.5 Å². The molecule has 0 radical (unpaired) electrons. The van der Waals surface area contributed by atoms with Crippen LogP contribution in [0.1, 0.15) is 0 Å². The van der Waals surface area contributed by atoms with Gasteiger partial charge in [-0.2, -0.15) is 0 Å². The van der Waals surface area contributed by atoms with Gasteiger partial charge in [-0.05, 0) is 30.3 Å². The molecule has 0 saturated heterocycles. The fourth-order valence-corrected chi connectivity index (χ4v) is 2.71. The van der Waals surface area contributed by atoms with Crippen LogP contribution in [-0.4, -0.2) is 14.5 Å². The quantitative estimate of drug-likeness (QED) is 0.557. The molecule has 112 valence electrons. The minimum atomic E-state index is 0.557. The maximum atomic E-state index is 5.94. The van der Waals surface area contributed by atoms with Crippen molar-refractivity contribution in [3.05, 3.63) is 67.1 Å². The van der Waals surface area contributed by atoms with Gasteiger partial charge in [-0.1, -0.05) is 18.2 Å². The van der Waals surface area contributed by atoms with E-state index in [4.69, 9.17) is 11.5 Å². The summed E-state index contributed by atoms with van der Waals surface area (Å²) in [5.74, 6) is 0.841. The van der Waals surface area contributed by atoms with Crippen molar-refractivity contribution in [3.63, 3.8) is 0 Å². The molecule has 0 fully saturated rings. The molecular weight excluding hydrogens is 286 g/mol. The number of anilines is 2. The molecule has 0 amide bonds. The normalized spacial score (nSPS) is 11.0. The number of nitrogens with two attached hydrogens (primary N) is 2. The Morgan fingerprint density at radius 1 is 0.826 bits per heavy atom. The van der Waals surface area contributed by atoms with Gasteiger partial charge in [-0.15, -0.1) is 0 Å². The Kier molecular flexibility index (Phi) is 2.98. The van der Waals surface area contributed by atoms with Crippen LogP contribution in [0.15, 0.2) is 67.1 Å². The molecule has 0 spiro atoms. The second-order valence-corrected chi connectivity index (χ2v) is 5.31. The number of hydrogen-bond donors (Lipinski definition) is 2. The van der Waals surface area contributed by atoms with E-state index < -0.39 is 0 Å². The number of nitrogens with zero attached hydrogens (tertiary/aromatic N) is 3. The van der Waals surface area contributed by atoms with Gasteiger partial charge in [0, 0.05) is 35.2 Å². The van der Waals surface area contributed by atoms with E-state index in [1.807, 2.05) is 53.2 Å². The van der Waals surface area contributed by atoms with Gasteiger partial charge in [-0.3, -0.25) is 9.55 Å². The van der Waals surface area contributed by atoms with Crippen LogP contribution in [-0.2, 0) is 0 Å². The minimum absolute atomic E-state index is 0.557. The average Bonchev–Trinajstić information content (AvgIpc) is 3.06. The molecule has 0 unspecified atom stereocenters. The van der Waals surface area contributed by atoms with Crippen LogP contribution in [0.4, 0.5) is 11.4 Å². The fraction of sp³-hybridized carbons (Fsp3) is 0. The van der Waals surface area contributed by atoms with Crippen LogP contribution in [0.25, 0.3) is 28.0 Å². The van der Waals surface area contributed by atoms with Crippen molar-refractivity contribution in [2.75, 3.05) is 11.5 Å². The first kappa shape index (κ1) is 13.3. The van der Waals surface area contributed by atoms with Crippen LogP contribution in [0, 0.1) is 0 Å². The minimum Gasteiger partial charge on any atom is -0.397 e. The molecule has 0 aliphatic heterocycles. The van der Waals surface area contributed by atoms with Gasteiger partial charge in [0.2, 0.25) is 0 Å². The van der Waals surface area contributed by atoms with Crippen LogP contribution in [0.5, 0.6) is 0 Å². The van der Waals surface area contributed by atoms with Crippen LogP contribution in [0.2, 0.25) is 0 Å². The Morgan fingerprint density at radius 3 is 2.57 bits per heavy atom. The van der Waals surface area contributed by atoms with Crippen LogP contribution >= 0.6 is 0 Å². The van der Waals surface area contributed by atoms with Gasteiger partial charge in [0.05, 0.1) is 16.9 Å². The zero-order valence-corrected chi connectivity index (χ0v) is 12.3. The SMILES string of the molecule is Nc1ccc(-n2ccnc2-c2ccnc3ccccc23)cc1N. The van der Waals surface area contributed by atoms with Gasteiger partial charge in [0.1, 0.15) is 5.82 Å². The van der Waals surface area contributed by atoms with Crippen molar-refractivity contribution in [1.29, 1.82) is 0 Å². The number of aromatic nitrogens is 3. The molecule has 0 bridgehead atoms. The van der Waals surface area contributed by atoms with Crippen molar-refractivity contribution in [3.8, 4) is 17.1 Å². The van der Waals surface area contributed by atoms with E-state index in [9.17, 15) is 0 Å². The molecule has 4 aromatic rings. The molecule has 2 aromatic carbocycles. The lowest BCUT2D eigenvalue weighted by Gasteiger charge is -2.11. The summed E-state index contributed by atoms with van der Waals surface area (Å²) in [6.07, 6.45) is 5.49. The molecule has 5 nitrogen and oxygen atoms in total. The lowest BCUT2D eigenvalue weighted by atomic mass is 10.1. The highest BCUT2D eigenvalue weighted by molar-refractivity contribution is 5.92. The Morgan fingerprint density at radius 2 is 1.70 bits per heavy atom. The largest absolute Gasteiger partial charge is 0.397 e. The Hall–Kier alpha value is -3.34. The smallest absolute Gasteiger partial charge is 0.145 e. The third-order valence-electron chi connectivity index (χ3n) is 3.88. The molecule has 0 saturated carbocycles. The summed E-state index contributed by atoms with van der Waals surface area (Å²) in [6.45, 7) is 0. The molecule has 4 rings (SSSR count). The van der Waals surface area contributed by atoms with Crippen molar-refractivity contribution >= 4 is 22.3 Å². The van der Waals surface area contributed by atoms with E-state index in [2.05, 4.69) is 9.97 Å². The van der Waals surface area contributed by atoms with E-state index in [-0.39, 0.29) is 0 Å². The number of benzene rings is 2. The second-order valence-electron chi connectivity index (χ2n) is 5.31. The van der Waals surface area contributed by atoms with E-state index in [0.29, 0.717) is 11.4 Å². The average molecular weight is 301 g/mol. The number of imidazole rings is 1. The molecule has 4 N–H and O–H groups in total. The molecule has 2 heterocycles. The van der Waals surface area contributed by atoms with Gasteiger partial charge in [0.15, 0.2) is 0 Å². The first-order chi connectivity index (χ1) is 11.2. The van der Waals surface area contributed by atoms with E-state index >= 15 is 0 Å². The maximum Gasteiger partial charge on any atom is 0.145 e. The summed E-state index contributed by atoms with van der Waals surface area (Å²) in [5.41, 5.74) is 15.8. The third-order valence-corrected chi connectivity index (χ3v) is 3.88. The molecule has 5 heteroatoms. The third kappa shape index (κ3) is 2.19. The Bertz CT molecular complexity index is 998. The van der Waals surface area contributed by atoms with E-state index in [0.717, 1.165) is 28.0 Å². The summed E-state index contributed by atoms with van der Waals surface area (Å²) in [7, 11) is 0. The number of rotatable bonds is 2. The topological polar surface area (TPSA) is 82.8 Å². The van der Waals surface area contributed by atoms with Crippen molar-refractivity contribution < 1.29 is 0 Å². The summed E-state index contributed by atoms with van der Waals surface area (Å²) >= 11 is 0. The first-order valence-corrected chi connectivity index (χ1v) is 7.27. The molecule has 0 atom stereocenters. The highest BCUT2D eigenvalue weighted by Crippen LogP contribution is 2.29. The lowest BCUT2D eigenvalue weighted by Crippen LogP contribution is -2.00. The number of para-hydroxylation sites is 1. The highest BCUT2D eigenvalue weighted by atomic mass is 15.1. The summed E-state index contributed by atoms with van der Waals surface area (Å²) in [6, 6.07) is 15.6. The first-order valence-electron chi connectivity index (χ1n) is 7.27. The van der Waals surface area contributed by atoms with E-state index in [1.165, 1.54) is 0 Å².